The summed E-state index contributed by atoms with van der Waals surface area (Å²) in [5.74, 6) is -0.232. The number of rotatable bonds is 1. The first-order valence-corrected chi connectivity index (χ1v) is 3.70. The van der Waals surface area contributed by atoms with Crippen LogP contribution in [-0.4, -0.2) is 26.0 Å². The Morgan fingerprint density at radius 2 is 2.14 bits per heavy atom. The van der Waals surface area contributed by atoms with Gasteiger partial charge in [-0.25, -0.2) is 0 Å². The zero-order valence-electron chi connectivity index (χ0n) is 6.78. The van der Waals surface area contributed by atoms with E-state index in [0.29, 0.717) is 0 Å². The van der Waals surface area contributed by atoms with E-state index in [2.05, 4.69) is 21.5 Å². The van der Waals surface area contributed by atoms with Crippen LogP contribution in [-0.2, 0) is 6.42 Å². The number of alkyl halides is 3. The molecule has 0 aromatic carbocycles. The highest BCUT2D eigenvalue weighted by molar-refractivity contribution is 5.34. The van der Waals surface area contributed by atoms with Gasteiger partial charge < -0.3 is 0 Å². The van der Waals surface area contributed by atoms with Gasteiger partial charge in [-0.05, 0) is 12.1 Å². The van der Waals surface area contributed by atoms with Crippen molar-refractivity contribution in [1.29, 1.82) is 0 Å². The van der Waals surface area contributed by atoms with Crippen LogP contribution < -0.4 is 0 Å². The molecule has 0 aliphatic carbocycles. The summed E-state index contributed by atoms with van der Waals surface area (Å²) in [5.41, 5.74) is 0.281. The van der Waals surface area contributed by atoms with Crippen LogP contribution in [0.15, 0.2) is 12.1 Å². The lowest BCUT2D eigenvalue weighted by Crippen LogP contribution is -2.14. The van der Waals surface area contributed by atoms with Crippen molar-refractivity contribution in [1.82, 2.24) is 19.8 Å². The summed E-state index contributed by atoms with van der Waals surface area (Å²) in [5, 5.41) is 10.5. The van der Waals surface area contributed by atoms with Gasteiger partial charge in [0, 0.05) is 0 Å². The van der Waals surface area contributed by atoms with Gasteiger partial charge in [-0.3, -0.25) is 0 Å². The van der Waals surface area contributed by atoms with E-state index in [4.69, 9.17) is 0 Å². The molecule has 2 aromatic rings. The van der Waals surface area contributed by atoms with Gasteiger partial charge in [-0.2, -0.15) is 22.8 Å². The molecular formula is C7H4F3N4. The van der Waals surface area contributed by atoms with Crippen LogP contribution in [0.5, 0.6) is 0 Å². The summed E-state index contributed by atoms with van der Waals surface area (Å²) in [6.45, 7) is 0. The molecule has 0 unspecified atom stereocenters. The zero-order chi connectivity index (χ0) is 10.2. The SMILES string of the molecule is FC(F)(F)Cc1nnc2cc[c]nn12. The molecule has 0 saturated carbocycles. The van der Waals surface area contributed by atoms with Crippen LogP contribution in [0.4, 0.5) is 13.2 Å². The predicted octanol–water partition coefficient (Wildman–Crippen LogP) is 1.03. The monoisotopic (exact) mass is 201 g/mol. The van der Waals surface area contributed by atoms with Crippen molar-refractivity contribution in [2.45, 2.75) is 12.6 Å². The lowest BCUT2D eigenvalue weighted by molar-refractivity contribution is -0.128. The van der Waals surface area contributed by atoms with Crippen molar-refractivity contribution in [3.63, 3.8) is 0 Å². The Morgan fingerprint density at radius 1 is 1.36 bits per heavy atom. The number of fused-ring (bicyclic) bond motifs is 1. The maximum atomic E-state index is 12.0. The van der Waals surface area contributed by atoms with Crippen LogP contribution in [0.25, 0.3) is 5.65 Å². The van der Waals surface area contributed by atoms with Gasteiger partial charge in [0.05, 0.1) is 0 Å². The third-order valence-corrected chi connectivity index (χ3v) is 1.55. The van der Waals surface area contributed by atoms with Crippen LogP contribution in [0, 0.1) is 6.20 Å². The Labute approximate surface area is 76.4 Å². The molecule has 0 spiro atoms. The topological polar surface area (TPSA) is 43.1 Å². The minimum absolute atomic E-state index is 0.232. The molecule has 14 heavy (non-hydrogen) atoms. The molecule has 0 N–H and O–H groups in total. The molecule has 73 valence electrons. The largest absolute Gasteiger partial charge is 0.396 e. The number of nitrogens with zero attached hydrogens (tertiary/aromatic N) is 4. The second-order valence-electron chi connectivity index (χ2n) is 2.64. The summed E-state index contributed by atoms with van der Waals surface area (Å²) in [6, 6.07) is 2.95. The summed E-state index contributed by atoms with van der Waals surface area (Å²) < 4.78 is 37.1. The van der Waals surface area contributed by atoms with Gasteiger partial charge >= 0.3 is 6.18 Å². The highest BCUT2D eigenvalue weighted by Crippen LogP contribution is 2.19. The minimum atomic E-state index is -4.31. The van der Waals surface area contributed by atoms with Crippen molar-refractivity contribution in [3.05, 3.63) is 24.2 Å². The Hall–Kier alpha value is -1.66. The van der Waals surface area contributed by atoms with E-state index in [0.717, 1.165) is 4.52 Å². The molecule has 2 rings (SSSR count). The van der Waals surface area contributed by atoms with E-state index in [9.17, 15) is 13.2 Å². The average Bonchev–Trinajstić information content (AvgIpc) is 2.47. The first-order valence-electron chi connectivity index (χ1n) is 3.70. The van der Waals surface area contributed by atoms with Gasteiger partial charge in [0.15, 0.2) is 11.5 Å². The highest BCUT2D eigenvalue weighted by Gasteiger charge is 2.30. The summed E-state index contributed by atoms with van der Waals surface area (Å²) in [4.78, 5) is 0. The lowest BCUT2D eigenvalue weighted by Gasteiger charge is -2.02. The van der Waals surface area contributed by atoms with Gasteiger partial charge in [-0.15, -0.1) is 10.2 Å². The molecule has 2 aromatic heterocycles. The van der Waals surface area contributed by atoms with E-state index in [1.54, 1.807) is 0 Å². The molecule has 0 amide bonds. The van der Waals surface area contributed by atoms with Gasteiger partial charge in [0.1, 0.15) is 12.6 Å². The molecule has 0 atom stereocenters. The standard InChI is InChI=1S/C7H4F3N4/c8-7(9,10)4-6-13-12-5-2-1-3-11-14(5)6/h1-2H,4H2. The van der Waals surface area contributed by atoms with Crippen LogP contribution in [0.3, 0.4) is 0 Å². The first-order chi connectivity index (χ1) is 6.56. The molecule has 2 heterocycles. The van der Waals surface area contributed by atoms with Crippen molar-refractivity contribution < 1.29 is 13.2 Å². The zero-order valence-corrected chi connectivity index (χ0v) is 6.78. The molecule has 0 fully saturated rings. The highest BCUT2D eigenvalue weighted by atomic mass is 19.4. The third kappa shape index (κ3) is 1.66. The second-order valence-corrected chi connectivity index (χ2v) is 2.64. The van der Waals surface area contributed by atoms with Gasteiger partial charge in [0.2, 0.25) is 0 Å². The second kappa shape index (κ2) is 2.93. The fourth-order valence-electron chi connectivity index (χ4n) is 1.03. The Balaban J connectivity index is 2.44. The quantitative estimate of drug-likeness (QED) is 0.692. The van der Waals surface area contributed by atoms with Crippen molar-refractivity contribution in [3.8, 4) is 0 Å². The normalized spacial score (nSPS) is 12.2. The minimum Gasteiger partial charge on any atom is -0.196 e. The molecule has 0 aliphatic heterocycles. The number of hydrogen-bond acceptors (Lipinski definition) is 3. The lowest BCUT2D eigenvalue weighted by atomic mass is 10.4. The maximum absolute atomic E-state index is 12.0. The fourth-order valence-corrected chi connectivity index (χ4v) is 1.03. The van der Waals surface area contributed by atoms with E-state index in [-0.39, 0.29) is 11.5 Å². The maximum Gasteiger partial charge on any atom is 0.396 e. The first kappa shape index (κ1) is 8.92. The Bertz CT molecular complexity index is 447. The average molecular weight is 201 g/mol. The third-order valence-electron chi connectivity index (χ3n) is 1.55. The van der Waals surface area contributed by atoms with E-state index in [1.165, 1.54) is 12.1 Å². The van der Waals surface area contributed by atoms with E-state index in [1.807, 2.05) is 0 Å². The van der Waals surface area contributed by atoms with Crippen molar-refractivity contribution in [2.75, 3.05) is 0 Å². The fraction of sp³-hybridized carbons (Fsp3) is 0.286. The molecular weight excluding hydrogens is 197 g/mol. The predicted molar refractivity (Wildman–Crippen MR) is 39.4 cm³/mol. The van der Waals surface area contributed by atoms with Gasteiger partial charge in [0.25, 0.3) is 0 Å². The number of hydrogen-bond donors (Lipinski definition) is 0. The van der Waals surface area contributed by atoms with Crippen LogP contribution in [0.2, 0.25) is 0 Å². The molecule has 0 saturated heterocycles. The van der Waals surface area contributed by atoms with Gasteiger partial charge in [-0.1, -0.05) is 0 Å². The van der Waals surface area contributed by atoms with E-state index >= 15 is 0 Å². The summed E-state index contributed by atoms with van der Waals surface area (Å²) in [7, 11) is 0. The Morgan fingerprint density at radius 3 is 2.86 bits per heavy atom. The molecule has 0 bridgehead atoms. The van der Waals surface area contributed by atoms with Crippen LogP contribution >= 0.6 is 0 Å². The van der Waals surface area contributed by atoms with Crippen molar-refractivity contribution in [2.24, 2.45) is 0 Å². The number of halogens is 3. The smallest absolute Gasteiger partial charge is 0.196 e. The molecule has 0 aliphatic rings. The van der Waals surface area contributed by atoms with Crippen molar-refractivity contribution >= 4 is 5.65 Å². The van der Waals surface area contributed by atoms with E-state index < -0.39 is 12.6 Å². The Kier molecular flexibility index (Phi) is 1.87. The molecule has 4 nitrogen and oxygen atoms in total. The molecule has 1 radical (unpaired) electrons. The summed E-state index contributed by atoms with van der Waals surface area (Å²) in [6.07, 6.45) is -3.03. The summed E-state index contributed by atoms with van der Waals surface area (Å²) >= 11 is 0. The molecule has 7 heteroatoms. The van der Waals surface area contributed by atoms with Crippen LogP contribution in [0.1, 0.15) is 5.82 Å². The number of aromatic nitrogens is 4.